The van der Waals surface area contributed by atoms with Gasteiger partial charge in [0.15, 0.2) is 0 Å². The molecule has 2 aromatic rings. The molecule has 100 valence electrons. The molecule has 0 aliphatic rings. The molecule has 0 saturated heterocycles. The third-order valence-electron chi connectivity index (χ3n) is 2.80. The summed E-state index contributed by atoms with van der Waals surface area (Å²) in [4.78, 5) is 10.8. The summed E-state index contributed by atoms with van der Waals surface area (Å²) in [5, 5.41) is 0. The average Bonchev–Trinajstić information content (AvgIpc) is 2.46. The summed E-state index contributed by atoms with van der Waals surface area (Å²) in [7, 11) is 1.67. The van der Waals surface area contributed by atoms with Crippen LogP contribution < -0.4 is 9.64 Å². The molecule has 19 heavy (non-hydrogen) atoms. The summed E-state index contributed by atoms with van der Waals surface area (Å²) in [5.41, 5.74) is 1.20. The van der Waals surface area contributed by atoms with E-state index in [0.717, 1.165) is 29.3 Å². The van der Waals surface area contributed by atoms with Crippen LogP contribution in [0.3, 0.4) is 0 Å². The highest BCUT2D eigenvalue weighted by molar-refractivity contribution is 9.10. The van der Waals surface area contributed by atoms with Gasteiger partial charge in [0.05, 0.1) is 11.6 Å². The molecule has 0 saturated carbocycles. The van der Waals surface area contributed by atoms with E-state index in [0.29, 0.717) is 0 Å². The van der Waals surface area contributed by atoms with Crippen molar-refractivity contribution in [1.29, 1.82) is 0 Å². The lowest BCUT2D eigenvalue weighted by atomic mass is 10.2. The number of methoxy groups -OCH3 is 1. The average molecular weight is 322 g/mol. The fourth-order valence-electron chi connectivity index (χ4n) is 1.74. The van der Waals surface area contributed by atoms with E-state index in [2.05, 4.69) is 49.9 Å². The molecule has 1 aromatic heterocycles. The number of nitrogens with zero attached hydrogens (tertiary/aromatic N) is 3. The number of benzene rings is 1. The number of hydrogen-bond acceptors (Lipinski definition) is 4. The Morgan fingerprint density at radius 2 is 1.79 bits per heavy atom. The van der Waals surface area contributed by atoms with Gasteiger partial charge in [0.2, 0.25) is 5.95 Å². The number of ether oxygens (including phenoxy) is 1. The quantitative estimate of drug-likeness (QED) is 0.847. The van der Waals surface area contributed by atoms with E-state index in [-0.39, 0.29) is 0 Å². The van der Waals surface area contributed by atoms with Gasteiger partial charge >= 0.3 is 0 Å². The first-order valence-electron chi connectivity index (χ1n) is 6.08. The van der Waals surface area contributed by atoms with Gasteiger partial charge in [-0.05, 0) is 40.5 Å². The maximum absolute atomic E-state index is 5.15. The highest BCUT2D eigenvalue weighted by atomic mass is 79.9. The molecule has 0 spiro atoms. The second kappa shape index (κ2) is 6.52. The van der Waals surface area contributed by atoms with Crippen LogP contribution in [0.1, 0.15) is 12.5 Å². The maximum atomic E-state index is 5.15. The lowest BCUT2D eigenvalue weighted by Gasteiger charge is -2.20. The highest BCUT2D eigenvalue weighted by Crippen LogP contribution is 2.16. The van der Waals surface area contributed by atoms with Crippen LogP contribution in [0.15, 0.2) is 41.1 Å². The third-order valence-corrected chi connectivity index (χ3v) is 3.21. The summed E-state index contributed by atoms with van der Waals surface area (Å²) in [6, 6.07) is 8.04. The van der Waals surface area contributed by atoms with E-state index in [4.69, 9.17) is 4.74 Å². The maximum Gasteiger partial charge on any atom is 0.225 e. The normalized spacial score (nSPS) is 10.3. The van der Waals surface area contributed by atoms with Crippen LogP contribution in [-0.4, -0.2) is 23.6 Å². The van der Waals surface area contributed by atoms with Gasteiger partial charge in [-0.3, -0.25) is 0 Å². The van der Waals surface area contributed by atoms with Gasteiger partial charge in [-0.25, -0.2) is 9.97 Å². The molecule has 0 aliphatic heterocycles. The molecule has 0 amide bonds. The summed E-state index contributed by atoms with van der Waals surface area (Å²) < 4.78 is 6.04. The standard InChI is InChI=1S/C14H16BrN3O/c1-3-18(14-16-8-12(15)9-17-14)10-11-4-6-13(19-2)7-5-11/h4-9H,3,10H2,1-2H3. The number of anilines is 1. The van der Waals surface area contributed by atoms with Crippen molar-refractivity contribution >= 4 is 21.9 Å². The zero-order chi connectivity index (χ0) is 13.7. The Bertz CT molecular complexity index is 513. The Labute approximate surface area is 121 Å². The molecule has 0 fully saturated rings. The van der Waals surface area contributed by atoms with E-state index in [1.165, 1.54) is 5.56 Å². The molecule has 0 bridgehead atoms. The Kier molecular flexibility index (Phi) is 4.74. The van der Waals surface area contributed by atoms with Crippen LogP contribution in [0.4, 0.5) is 5.95 Å². The monoisotopic (exact) mass is 321 g/mol. The molecule has 1 aromatic carbocycles. The fourth-order valence-corrected chi connectivity index (χ4v) is 1.95. The van der Waals surface area contributed by atoms with Crippen LogP contribution in [-0.2, 0) is 6.54 Å². The molecular weight excluding hydrogens is 306 g/mol. The Balaban J connectivity index is 2.11. The first kappa shape index (κ1) is 13.8. The largest absolute Gasteiger partial charge is 0.497 e. The van der Waals surface area contributed by atoms with Crippen molar-refractivity contribution in [2.24, 2.45) is 0 Å². The van der Waals surface area contributed by atoms with Gasteiger partial charge < -0.3 is 9.64 Å². The van der Waals surface area contributed by atoms with Crippen LogP contribution in [0, 0.1) is 0 Å². The van der Waals surface area contributed by atoms with E-state index >= 15 is 0 Å². The molecule has 0 radical (unpaired) electrons. The molecule has 0 atom stereocenters. The van der Waals surface area contributed by atoms with Crippen LogP contribution in [0.2, 0.25) is 0 Å². The van der Waals surface area contributed by atoms with Gasteiger partial charge in [0.25, 0.3) is 0 Å². The van der Waals surface area contributed by atoms with Gasteiger partial charge in [0.1, 0.15) is 5.75 Å². The van der Waals surface area contributed by atoms with Crippen LogP contribution in [0.5, 0.6) is 5.75 Å². The predicted octanol–water partition coefficient (Wildman–Crippen LogP) is 3.27. The summed E-state index contributed by atoms with van der Waals surface area (Å²) in [6.45, 7) is 3.73. The summed E-state index contributed by atoms with van der Waals surface area (Å²) in [5.74, 6) is 1.60. The molecule has 2 rings (SSSR count). The van der Waals surface area contributed by atoms with Crippen molar-refractivity contribution in [2.75, 3.05) is 18.6 Å². The Morgan fingerprint density at radius 1 is 1.16 bits per heavy atom. The summed E-state index contributed by atoms with van der Waals surface area (Å²) >= 11 is 3.34. The zero-order valence-corrected chi connectivity index (χ0v) is 12.6. The van der Waals surface area contributed by atoms with Crippen molar-refractivity contribution in [1.82, 2.24) is 9.97 Å². The third kappa shape index (κ3) is 3.67. The molecule has 0 N–H and O–H groups in total. The van der Waals surface area contributed by atoms with E-state index in [1.807, 2.05) is 12.1 Å². The first-order chi connectivity index (χ1) is 9.22. The lowest BCUT2D eigenvalue weighted by molar-refractivity contribution is 0.414. The van der Waals surface area contributed by atoms with Crippen molar-refractivity contribution in [2.45, 2.75) is 13.5 Å². The summed E-state index contributed by atoms with van der Waals surface area (Å²) in [6.07, 6.45) is 3.53. The van der Waals surface area contributed by atoms with E-state index in [9.17, 15) is 0 Å². The van der Waals surface area contributed by atoms with Crippen molar-refractivity contribution in [3.8, 4) is 5.75 Å². The zero-order valence-electron chi connectivity index (χ0n) is 11.0. The highest BCUT2D eigenvalue weighted by Gasteiger charge is 2.08. The number of hydrogen-bond donors (Lipinski definition) is 0. The minimum Gasteiger partial charge on any atom is -0.497 e. The SMILES string of the molecule is CCN(Cc1ccc(OC)cc1)c1ncc(Br)cn1. The topological polar surface area (TPSA) is 38.2 Å². The number of aromatic nitrogens is 2. The smallest absolute Gasteiger partial charge is 0.225 e. The number of halogens is 1. The van der Waals surface area contributed by atoms with Gasteiger partial charge in [-0.2, -0.15) is 0 Å². The molecular formula is C14H16BrN3O. The number of rotatable bonds is 5. The Morgan fingerprint density at radius 3 is 2.32 bits per heavy atom. The van der Waals surface area contributed by atoms with E-state index in [1.54, 1.807) is 19.5 Å². The van der Waals surface area contributed by atoms with Gasteiger partial charge in [-0.1, -0.05) is 12.1 Å². The predicted molar refractivity (Wildman–Crippen MR) is 79.5 cm³/mol. The van der Waals surface area contributed by atoms with Crippen molar-refractivity contribution in [3.05, 3.63) is 46.7 Å². The molecule has 0 unspecified atom stereocenters. The van der Waals surface area contributed by atoms with Crippen LogP contribution >= 0.6 is 15.9 Å². The second-order valence-corrected chi connectivity index (χ2v) is 4.98. The second-order valence-electron chi connectivity index (χ2n) is 4.06. The Hall–Kier alpha value is -1.62. The molecule has 4 nitrogen and oxygen atoms in total. The molecule has 5 heteroatoms. The minimum atomic E-state index is 0.738. The molecule has 0 aliphatic carbocycles. The van der Waals surface area contributed by atoms with Gasteiger partial charge in [0, 0.05) is 25.5 Å². The lowest BCUT2D eigenvalue weighted by Crippen LogP contribution is -2.24. The fraction of sp³-hybridized carbons (Fsp3) is 0.286. The minimum absolute atomic E-state index is 0.738. The molecule has 1 heterocycles. The van der Waals surface area contributed by atoms with Crippen molar-refractivity contribution in [3.63, 3.8) is 0 Å². The van der Waals surface area contributed by atoms with Crippen LogP contribution in [0.25, 0.3) is 0 Å². The van der Waals surface area contributed by atoms with Crippen molar-refractivity contribution < 1.29 is 4.74 Å². The first-order valence-corrected chi connectivity index (χ1v) is 6.87. The van der Waals surface area contributed by atoms with Gasteiger partial charge in [-0.15, -0.1) is 0 Å². The van der Waals surface area contributed by atoms with E-state index < -0.39 is 0 Å².